The van der Waals surface area contributed by atoms with E-state index in [1.54, 1.807) is 12.4 Å². The zero-order valence-corrected chi connectivity index (χ0v) is 12.0. The zero-order chi connectivity index (χ0) is 14.3. The molecule has 0 saturated heterocycles. The minimum atomic E-state index is -0.0740. The molecule has 0 bridgehead atoms. The van der Waals surface area contributed by atoms with E-state index in [2.05, 4.69) is 28.2 Å². The van der Waals surface area contributed by atoms with Crippen LogP contribution in [0.1, 0.15) is 24.5 Å². The van der Waals surface area contributed by atoms with Crippen LogP contribution in [0.4, 0.5) is 0 Å². The van der Waals surface area contributed by atoms with Crippen molar-refractivity contribution < 1.29 is 4.74 Å². The van der Waals surface area contributed by atoms with Crippen molar-refractivity contribution in [2.75, 3.05) is 6.61 Å². The van der Waals surface area contributed by atoms with Gasteiger partial charge in [0.15, 0.2) is 5.90 Å². The Bertz CT molecular complexity index is 711. The van der Waals surface area contributed by atoms with Crippen molar-refractivity contribution in [3.8, 4) is 11.3 Å². The molecule has 0 amide bonds. The molecule has 0 saturated carbocycles. The minimum absolute atomic E-state index is 0.0740. The normalized spacial score (nSPS) is 23.6. The third kappa shape index (κ3) is 2.11. The molecule has 2 aromatic rings. The number of benzene rings is 1. The Hall–Kier alpha value is -2.23. The molecule has 1 unspecified atom stereocenters. The summed E-state index contributed by atoms with van der Waals surface area (Å²) >= 11 is 0. The van der Waals surface area contributed by atoms with E-state index in [4.69, 9.17) is 9.73 Å². The maximum Gasteiger partial charge on any atom is 0.180 e. The van der Waals surface area contributed by atoms with Gasteiger partial charge in [-0.15, -0.1) is 0 Å². The van der Waals surface area contributed by atoms with E-state index in [0.717, 1.165) is 30.9 Å². The smallest absolute Gasteiger partial charge is 0.180 e. The minimum Gasteiger partial charge on any atom is -0.479 e. The number of ether oxygens (including phenoxy) is 1. The highest BCUT2D eigenvalue weighted by Gasteiger charge is 2.39. The standard InChI is InChI=1S/C17H17N3O/c1-12-20-17(11-21-12)6-5-13-3-2-4-14(15(13)9-17)16-10-18-7-8-19-16/h2-4,7-8,10H,5-6,9,11H2,1H3. The maximum absolute atomic E-state index is 5.63. The number of aromatic nitrogens is 2. The maximum atomic E-state index is 5.63. The van der Waals surface area contributed by atoms with Crippen LogP contribution in [0.3, 0.4) is 0 Å². The zero-order valence-electron chi connectivity index (χ0n) is 12.0. The van der Waals surface area contributed by atoms with E-state index in [1.165, 1.54) is 16.7 Å². The summed E-state index contributed by atoms with van der Waals surface area (Å²) in [5.41, 5.74) is 4.80. The monoisotopic (exact) mass is 279 g/mol. The number of fused-ring (bicyclic) bond motifs is 1. The SMILES string of the molecule is CC1=NC2(CCc3cccc(-c4cnccn4)c3C2)CO1. The first-order valence-corrected chi connectivity index (χ1v) is 7.32. The van der Waals surface area contributed by atoms with Crippen LogP contribution in [0, 0.1) is 0 Å². The molecule has 1 aliphatic heterocycles. The topological polar surface area (TPSA) is 47.4 Å². The van der Waals surface area contributed by atoms with Gasteiger partial charge < -0.3 is 4.74 Å². The van der Waals surface area contributed by atoms with Crippen molar-refractivity contribution in [3.63, 3.8) is 0 Å². The van der Waals surface area contributed by atoms with Gasteiger partial charge in [0.2, 0.25) is 0 Å². The first-order valence-electron chi connectivity index (χ1n) is 7.32. The summed E-state index contributed by atoms with van der Waals surface area (Å²) < 4.78 is 5.63. The molecule has 1 spiro atoms. The number of aliphatic imine (C=N–C) groups is 1. The van der Waals surface area contributed by atoms with Gasteiger partial charge in [0.05, 0.1) is 11.9 Å². The van der Waals surface area contributed by atoms with Gasteiger partial charge in [0.25, 0.3) is 0 Å². The fourth-order valence-corrected chi connectivity index (χ4v) is 3.40. The Morgan fingerprint density at radius 1 is 1.24 bits per heavy atom. The molecule has 4 rings (SSSR count). The third-order valence-electron chi connectivity index (χ3n) is 4.42. The lowest BCUT2D eigenvalue weighted by molar-refractivity contribution is 0.236. The summed E-state index contributed by atoms with van der Waals surface area (Å²) in [4.78, 5) is 13.4. The van der Waals surface area contributed by atoms with Gasteiger partial charge in [0, 0.05) is 31.3 Å². The number of hydrogen-bond acceptors (Lipinski definition) is 4. The average Bonchev–Trinajstić information content (AvgIpc) is 2.88. The molecule has 4 heteroatoms. The van der Waals surface area contributed by atoms with Gasteiger partial charge in [-0.25, -0.2) is 4.99 Å². The number of nitrogens with zero attached hydrogens (tertiary/aromatic N) is 3. The Kier molecular flexibility index (Phi) is 2.77. The second kappa shape index (κ2) is 4.65. The molecule has 21 heavy (non-hydrogen) atoms. The largest absolute Gasteiger partial charge is 0.479 e. The summed E-state index contributed by atoms with van der Waals surface area (Å²) in [5.74, 6) is 0.815. The predicted octanol–water partition coefficient (Wildman–Crippen LogP) is 2.82. The first-order chi connectivity index (χ1) is 10.3. The molecule has 1 aliphatic carbocycles. The number of hydrogen-bond donors (Lipinski definition) is 0. The van der Waals surface area contributed by atoms with E-state index in [0.29, 0.717) is 6.61 Å². The van der Waals surface area contributed by atoms with E-state index in [9.17, 15) is 0 Å². The first kappa shape index (κ1) is 12.5. The van der Waals surface area contributed by atoms with Crippen LogP contribution in [-0.4, -0.2) is 28.0 Å². The van der Waals surface area contributed by atoms with Crippen molar-refractivity contribution in [1.29, 1.82) is 0 Å². The molecule has 106 valence electrons. The second-order valence-electron chi connectivity index (χ2n) is 5.85. The van der Waals surface area contributed by atoms with Gasteiger partial charge in [-0.3, -0.25) is 9.97 Å². The fourth-order valence-electron chi connectivity index (χ4n) is 3.40. The molecule has 2 heterocycles. The van der Waals surface area contributed by atoms with Crippen molar-refractivity contribution in [2.24, 2.45) is 4.99 Å². The molecular formula is C17H17N3O. The number of rotatable bonds is 1. The summed E-state index contributed by atoms with van der Waals surface area (Å²) in [7, 11) is 0. The summed E-state index contributed by atoms with van der Waals surface area (Å²) in [5, 5.41) is 0. The Morgan fingerprint density at radius 2 is 2.19 bits per heavy atom. The van der Waals surface area contributed by atoms with E-state index < -0.39 is 0 Å². The van der Waals surface area contributed by atoms with Gasteiger partial charge in [-0.2, -0.15) is 0 Å². The highest BCUT2D eigenvalue weighted by molar-refractivity contribution is 5.76. The summed E-state index contributed by atoms with van der Waals surface area (Å²) in [6.07, 6.45) is 8.31. The molecule has 0 radical (unpaired) electrons. The molecule has 0 fully saturated rings. The van der Waals surface area contributed by atoms with Gasteiger partial charge in [0.1, 0.15) is 12.1 Å². The molecule has 4 nitrogen and oxygen atoms in total. The molecule has 2 aliphatic rings. The van der Waals surface area contributed by atoms with E-state index >= 15 is 0 Å². The highest BCUT2D eigenvalue weighted by Crippen LogP contribution is 2.38. The van der Waals surface area contributed by atoms with E-state index in [1.807, 2.05) is 13.1 Å². The summed E-state index contributed by atoms with van der Waals surface area (Å²) in [6.45, 7) is 2.64. The van der Waals surface area contributed by atoms with Crippen LogP contribution >= 0.6 is 0 Å². The van der Waals surface area contributed by atoms with Crippen molar-refractivity contribution >= 4 is 5.90 Å². The Labute approximate surface area is 123 Å². The number of aryl methyl sites for hydroxylation is 1. The van der Waals surface area contributed by atoms with Crippen LogP contribution in [0.5, 0.6) is 0 Å². The highest BCUT2D eigenvalue weighted by atomic mass is 16.5. The van der Waals surface area contributed by atoms with E-state index in [-0.39, 0.29) is 5.54 Å². The van der Waals surface area contributed by atoms with Crippen molar-refractivity contribution in [3.05, 3.63) is 47.9 Å². The Balaban J connectivity index is 1.80. The molecule has 1 atom stereocenters. The average molecular weight is 279 g/mol. The van der Waals surface area contributed by atoms with Crippen molar-refractivity contribution in [2.45, 2.75) is 31.7 Å². The second-order valence-corrected chi connectivity index (χ2v) is 5.85. The third-order valence-corrected chi connectivity index (χ3v) is 4.42. The molecular weight excluding hydrogens is 262 g/mol. The van der Waals surface area contributed by atoms with Gasteiger partial charge in [-0.1, -0.05) is 18.2 Å². The quantitative estimate of drug-likeness (QED) is 0.806. The lowest BCUT2D eigenvalue weighted by Gasteiger charge is -2.31. The van der Waals surface area contributed by atoms with Crippen molar-refractivity contribution in [1.82, 2.24) is 9.97 Å². The predicted molar refractivity (Wildman–Crippen MR) is 81.3 cm³/mol. The van der Waals surface area contributed by atoms with Crippen LogP contribution in [-0.2, 0) is 17.6 Å². The lowest BCUT2D eigenvalue weighted by atomic mass is 9.77. The van der Waals surface area contributed by atoms with Crippen LogP contribution in [0.15, 0.2) is 41.8 Å². The molecule has 1 aromatic carbocycles. The Morgan fingerprint density at radius 3 is 2.95 bits per heavy atom. The molecule has 1 aromatic heterocycles. The van der Waals surface area contributed by atoms with Crippen LogP contribution < -0.4 is 0 Å². The molecule has 0 N–H and O–H groups in total. The van der Waals surface area contributed by atoms with Gasteiger partial charge in [-0.05, 0) is 24.0 Å². The van der Waals surface area contributed by atoms with Gasteiger partial charge >= 0.3 is 0 Å². The fraction of sp³-hybridized carbons (Fsp3) is 0.353. The van der Waals surface area contributed by atoms with Crippen LogP contribution in [0.25, 0.3) is 11.3 Å². The van der Waals surface area contributed by atoms with Crippen LogP contribution in [0.2, 0.25) is 0 Å². The lowest BCUT2D eigenvalue weighted by Crippen LogP contribution is -2.35. The summed E-state index contributed by atoms with van der Waals surface area (Å²) in [6, 6.07) is 6.46.